The predicted octanol–water partition coefficient (Wildman–Crippen LogP) is 4.03. The molecule has 0 atom stereocenters. The Balaban J connectivity index is 1.51. The van der Waals surface area contributed by atoms with Gasteiger partial charge in [0.2, 0.25) is 10.0 Å². The van der Waals surface area contributed by atoms with Gasteiger partial charge in [0, 0.05) is 24.2 Å². The van der Waals surface area contributed by atoms with Crippen molar-refractivity contribution in [3.05, 3.63) is 69.7 Å². The molecule has 1 saturated heterocycles. The summed E-state index contributed by atoms with van der Waals surface area (Å²) < 4.78 is 29.1. The molecule has 3 aromatic rings. The van der Waals surface area contributed by atoms with Gasteiger partial charge in [0.05, 0.1) is 22.1 Å². The minimum absolute atomic E-state index is 0.0910. The van der Waals surface area contributed by atoms with Crippen LogP contribution in [0.5, 0.6) is 0 Å². The van der Waals surface area contributed by atoms with Crippen LogP contribution < -0.4 is 5.56 Å². The van der Waals surface area contributed by atoms with E-state index in [-0.39, 0.29) is 11.6 Å². The molecule has 2 aromatic carbocycles. The van der Waals surface area contributed by atoms with Crippen LogP contribution in [0, 0.1) is 0 Å². The number of fused-ring (bicyclic) bond motifs is 1. The highest BCUT2D eigenvalue weighted by molar-refractivity contribution is 7.89. The molecule has 1 aromatic heterocycles. The fourth-order valence-electron chi connectivity index (χ4n) is 3.99. The van der Waals surface area contributed by atoms with Gasteiger partial charge in [-0.05, 0) is 55.2 Å². The Labute approximate surface area is 181 Å². The molecule has 30 heavy (non-hydrogen) atoms. The van der Waals surface area contributed by atoms with E-state index in [1.165, 1.54) is 4.31 Å². The van der Waals surface area contributed by atoms with E-state index < -0.39 is 10.0 Å². The van der Waals surface area contributed by atoms with E-state index in [4.69, 9.17) is 11.6 Å². The molecule has 0 bridgehead atoms. The average Bonchev–Trinajstić information content (AvgIpc) is 2.75. The highest BCUT2D eigenvalue weighted by Crippen LogP contribution is 2.27. The van der Waals surface area contributed by atoms with E-state index in [0.29, 0.717) is 46.8 Å². The van der Waals surface area contributed by atoms with Crippen LogP contribution in [0.15, 0.2) is 58.5 Å². The zero-order valence-electron chi connectivity index (χ0n) is 16.8. The number of hydrogen-bond donors (Lipinski definition) is 0. The van der Waals surface area contributed by atoms with Crippen molar-refractivity contribution in [3.63, 3.8) is 0 Å². The molecule has 1 aliphatic rings. The van der Waals surface area contributed by atoms with E-state index in [0.717, 1.165) is 18.4 Å². The third-order valence-corrected chi connectivity index (χ3v) is 7.81. The van der Waals surface area contributed by atoms with Crippen molar-refractivity contribution in [1.29, 1.82) is 0 Å². The molecule has 0 radical (unpaired) electrons. The van der Waals surface area contributed by atoms with Gasteiger partial charge >= 0.3 is 0 Å². The molecule has 0 spiro atoms. The first kappa shape index (κ1) is 21.0. The second kappa shape index (κ2) is 8.49. The van der Waals surface area contributed by atoms with Crippen molar-refractivity contribution < 1.29 is 8.42 Å². The summed E-state index contributed by atoms with van der Waals surface area (Å²) in [6.45, 7) is 2.83. The molecule has 4 rings (SSSR count). The molecule has 6 nitrogen and oxygen atoms in total. The topological polar surface area (TPSA) is 72.3 Å². The first-order valence-corrected chi connectivity index (χ1v) is 12.0. The number of halogens is 1. The number of benzene rings is 2. The van der Waals surface area contributed by atoms with Crippen LogP contribution in [0.2, 0.25) is 5.02 Å². The van der Waals surface area contributed by atoms with Crippen molar-refractivity contribution >= 4 is 32.5 Å². The lowest BCUT2D eigenvalue weighted by Crippen LogP contribution is -2.40. The third-order valence-electron chi connectivity index (χ3n) is 5.66. The smallest absolute Gasteiger partial charge is 0.261 e. The Kier molecular flexibility index (Phi) is 5.95. The van der Waals surface area contributed by atoms with Crippen LogP contribution in [-0.2, 0) is 16.4 Å². The van der Waals surface area contributed by atoms with Gasteiger partial charge in [-0.15, -0.1) is 0 Å². The summed E-state index contributed by atoms with van der Waals surface area (Å²) in [7, 11) is -3.54. The Morgan fingerprint density at radius 1 is 1.10 bits per heavy atom. The van der Waals surface area contributed by atoms with Crippen molar-refractivity contribution in [2.75, 3.05) is 13.1 Å². The summed E-state index contributed by atoms with van der Waals surface area (Å²) in [6.07, 6.45) is 4.63. The summed E-state index contributed by atoms with van der Waals surface area (Å²) in [5.41, 5.74) is 1.60. The zero-order chi connectivity index (χ0) is 21.3. The van der Waals surface area contributed by atoms with Gasteiger partial charge < -0.3 is 0 Å². The lowest BCUT2D eigenvalue weighted by Gasteiger charge is -2.32. The second-order valence-electron chi connectivity index (χ2n) is 7.65. The minimum Gasteiger partial charge on any atom is -0.296 e. The second-order valence-corrected chi connectivity index (χ2v) is 10.0. The van der Waals surface area contributed by atoms with Crippen LogP contribution in [-0.4, -0.2) is 35.4 Å². The van der Waals surface area contributed by atoms with E-state index in [2.05, 4.69) is 11.9 Å². The largest absolute Gasteiger partial charge is 0.296 e. The maximum atomic E-state index is 13.0. The van der Waals surface area contributed by atoms with Gasteiger partial charge in [0.25, 0.3) is 5.56 Å². The van der Waals surface area contributed by atoms with E-state index in [9.17, 15) is 13.2 Å². The van der Waals surface area contributed by atoms with Crippen LogP contribution in [0.4, 0.5) is 0 Å². The number of sulfonamides is 1. The van der Waals surface area contributed by atoms with E-state index in [1.807, 2.05) is 12.1 Å². The lowest BCUT2D eigenvalue weighted by atomic mass is 10.1. The Hall–Kier alpha value is -2.22. The average molecular weight is 446 g/mol. The van der Waals surface area contributed by atoms with Gasteiger partial charge in [-0.3, -0.25) is 9.36 Å². The predicted molar refractivity (Wildman–Crippen MR) is 118 cm³/mol. The summed E-state index contributed by atoms with van der Waals surface area (Å²) in [6, 6.07) is 12.1. The lowest BCUT2D eigenvalue weighted by molar-refractivity contribution is 0.269. The molecule has 2 heterocycles. The van der Waals surface area contributed by atoms with Gasteiger partial charge in [0.1, 0.15) is 0 Å². The fourth-order valence-corrected chi connectivity index (χ4v) is 5.64. The maximum absolute atomic E-state index is 13.0. The number of hydrogen-bond acceptors (Lipinski definition) is 4. The molecule has 8 heteroatoms. The van der Waals surface area contributed by atoms with Crippen LogP contribution in [0.25, 0.3) is 10.9 Å². The van der Waals surface area contributed by atoms with E-state index in [1.54, 1.807) is 41.2 Å². The molecule has 0 amide bonds. The molecular formula is C22H24ClN3O3S. The maximum Gasteiger partial charge on any atom is 0.261 e. The highest BCUT2D eigenvalue weighted by atomic mass is 35.5. The number of piperidine rings is 1. The third kappa shape index (κ3) is 4.02. The Morgan fingerprint density at radius 2 is 1.80 bits per heavy atom. The number of aryl methyl sites for hydroxylation is 1. The SMILES string of the molecule is CCCc1ccc(S(=O)(=O)N2CCC(n3cnc4ccc(Cl)cc4c3=O)CC2)cc1. The first-order chi connectivity index (χ1) is 14.4. The molecule has 0 saturated carbocycles. The van der Waals surface area contributed by atoms with E-state index >= 15 is 0 Å². The van der Waals surface area contributed by atoms with Crippen LogP contribution in [0.3, 0.4) is 0 Å². The highest BCUT2D eigenvalue weighted by Gasteiger charge is 2.30. The Morgan fingerprint density at radius 3 is 2.47 bits per heavy atom. The van der Waals surface area contributed by atoms with Crippen LogP contribution in [0.1, 0.15) is 37.8 Å². The quantitative estimate of drug-likeness (QED) is 0.594. The monoisotopic (exact) mass is 445 g/mol. The normalized spacial score (nSPS) is 16.2. The van der Waals surface area contributed by atoms with Gasteiger partial charge in [0.15, 0.2) is 0 Å². The molecule has 158 valence electrons. The molecule has 0 N–H and O–H groups in total. The first-order valence-electron chi connectivity index (χ1n) is 10.2. The van der Waals surface area contributed by atoms with Crippen molar-refractivity contribution in [3.8, 4) is 0 Å². The minimum atomic E-state index is -3.54. The summed E-state index contributed by atoms with van der Waals surface area (Å²) in [5.74, 6) is 0. The standard InChI is InChI=1S/C22H24ClN3O3S/c1-2-3-16-4-7-19(8-5-16)30(28,29)25-12-10-18(11-13-25)26-15-24-21-9-6-17(23)14-20(21)22(26)27/h4-9,14-15,18H,2-3,10-13H2,1H3. The van der Waals surface area contributed by atoms with Crippen molar-refractivity contribution in [2.24, 2.45) is 0 Å². The van der Waals surface area contributed by atoms with Gasteiger partial charge in [-0.2, -0.15) is 4.31 Å². The van der Waals surface area contributed by atoms with Gasteiger partial charge in [-0.1, -0.05) is 37.1 Å². The van der Waals surface area contributed by atoms with Gasteiger partial charge in [-0.25, -0.2) is 13.4 Å². The summed E-state index contributed by atoms with van der Waals surface area (Å²) >= 11 is 6.03. The van der Waals surface area contributed by atoms with Crippen molar-refractivity contribution in [2.45, 2.75) is 43.5 Å². The molecule has 0 aliphatic carbocycles. The molecule has 1 fully saturated rings. The van der Waals surface area contributed by atoms with Crippen LogP contribution >= 0.6 is 11.6 Å². The number of aromatic nitrogens is 2. The number of nitrogens with zero attached hydrogens (tertiary/aromatic N) is 3. The fraction of sp³-hybridized carbons (Fsp3) is 0.364. The zero-order valence-corrected chi connectivity index (χ0v) is 18.4. The van der Waals surface area contributed by atoms with Crippen molar-refractivity contribution in [1.82, 2.24) is 13.9 Å². The Bertz CT molecular complexity index is 1210. The molecule has 0 unspecified atom stereocenters. The summed E-state index contributed by atoms with van der Waals surface area (Å²) in [4.78, 5) is 17.6. The summed E-state index contributed by atoms with van der Waals surface area (Å²) in [5, 5.41) is 0.970. The number of rotatable bonds is 5. The molecular weight excluding hydrogens is 422 g/mol. The molecule has 1 aliphatic heterocycles.